The summed E-state index contributed by atoms with van der Waals surface area (Å²) in [6.45, 7) is 3.41. The van der Waals surface area contributed by atoms with E-state index in [9.17, 15) is 4.39 Å². The first-order valence-corrected chi connectivity index (χ1v) is 10.4. The average Bonchev–Trinajstić information content (AvgIpc) is 2.80. The summed E-state index contributed by atoms with van der Waals surface area (Å²) in [5.74, 6) is 1.08. The van der Waals surface area contributed by atoms with E-state index < -0.39 is 0 Å². The number of pyridine rings is 1. The number of fused-ring (bicyclic) bond motifs is 1. The summed E-state index contributed by atoms with van der Waals surface area (Å²) in [5.41, 5.74) is 2.82. The third kappa shape index (κ3) is 4.22. The van der Waals surface area contributed by atoms with E-state index in [1.807, 2.05) is 30.5 Å². The van der Waals surface area contributed by atoms with Crippen molar-refractivity contribution in [1.29, 1.82) is 0 Å². The van der Waals surface area contributed by atoms with Crippen LogP contribution in [0.5, 0.6) is 0 Å². The van der Waals surface area contributed by atoms with Crippen molar-refractivity contribution in [2.75, 3.05) is 41.3 Å². The van der Waals surface area contributed by atoms with Crippen LogP contribution in [-0.2, 0) is 0 Å². The Hall–Kier alpha value is -3.45. The summed E-state index contributed by atoms with van der Waals surface area (Å²) in [5, 5.41) is 4.92. The van der Waals surface area contributed by atoms with Gasteiger partial charge in [0.2, 0.25) is 5.95 Å². The number of rotatable bonds is 4. The van der Waals surface area contributed by atoms with Gasteiger partial charge in [0.05, 0.1) is 5.52 Å². The van der Waals surface area contributed by atoms with Crippen molar-refractivity contribution in [1.82, 2.24) is 15.0 Å². The molecular weight excluding hydrogens is 415 g/mol. The number of halogens is 2. The number of hydrogen-bond donors (Lipinski definition) is 1. The molecule has 0 atom stereocenters. The maximum atomic E-state index is 13.1. The van der Waals surface area contributed by atoms with Gasteiger partial charge in [0, 0.05) is 60.4 Å². The molecule has 0 bridgehead atoms. The molecule has 0 spiro atoms. The highest BCUT2D eigenvalue weighted by Crippen LogP contribution is 2.29. The van der Waals surface area contributed by atoms with E-state index in [-0.39, 0.29) is 5.82 Å². The maximum Gasteiger partial charge on any atom is 0.229 e. The fourth-order valence-corrected chi connectivity index (χ4v) is 3.97. The molecule has 31 heavy (non-hydrogen) atoms. The van der Waals surface area contributed by atoms with Crippen LogP contribution in [0.25, 0.3) is 10.9 Å². The van der Waals surface area contributed by atoms with Crippen LogP contribution >= 0.6 is 11.6 Å². The number of anilines is 4. The molecule has 3 heterocycles. The molecule has 1 N–H and O–H groups in total. The van der Waals surface area contributed by atoms with Crippen LogP contribution in [0.4, 0.5) is 27.5 Å². The van der Waals surface area contributed by atoms with Gasteiger partial charge in [-0.2, -0.15) is 4.98 Å². The van der Waals surface area contributed by atoms with Crippen molar-refractivity contribution in [3.63, 3.8) is 0 Å². The third-order valence-electron chi connectivity index (χ3n) is 5.37. The SMILES string of the molecule is Fc1ccc(Nc2nccc(N3CCN(c4ccnc5cc(Cl)ccc45)CC3)n2)cc1. The molecule has 1 aliphatic heterocycles. The summed E-state index contributed by atoms with van der Waals surface area (Å²) in [7, 11) is 0. The summed E-state index contributed by atoms with van der Waals surface area (Å²) in [4.78, 5) is 18.0. The Morgan fingerprint density at radius 3 is 2.39 bits per heavy atom. The Morgan fingerprint density at radius 1 is 0.839 bits per heavy atom. The van der Waals surface area contributed by atoms with Gasteiger partial charge in [-0.1, -0.05) is 11.6 Å². The zero-order valence-electron chi connectivity index (χ0n) is 16.7. The highest BCUT2D eigenvalue weighted by Gasteiger charge is 2.20. The normalized spacial score (nSPS) is 14.1. The molecule has 0 saturated carbocycles. The first kappa shape index (κ1) is 19.5. The second-order valence-corrected chi connectivity index (χ2v) is 7.77. The number of nitrogens with zero attached hydrogens (tertiary/aromatic N) is 5. The second kappa shape index (κ2) is 8.35. The van der Waals surface area contributed by atoms with Crippen LogP contribution in [0.15, 0.2) is 67.0 Å². The molecule has 6 nitrogen and oxygen atoms in total. The topological polar surface area (TPSA) is 57.2 Å². The van der Waals surface area contributed by atoms with Gasteiger partial charge < -0.3 is 15.1 Å². The molecule has 1 fully saturated rings. The average molecular weight is 435 g/mol. The predicted molar refractivity (Wildman–Crippen MR) is 123 cm³/mol. The number of hydrogen-bond acceptors (Lipinski definition) is 6. The van der Waals surface area contributed by atoms with Crippen LogP contribution in [0.3, 0.4) is 0 Å². The maximum absolute atomic E-state index is 13.1. The fraction of sp³-hybridized carbons (Fsp3) is 0.174. The van der Waals surface area contributed by atoms with Crippen molar-refractivity contribution >= 4 is 45.6 Å². The van der Waals surface area contributed by atoms with E-state index in [0.29, 0.717) is 11.0 Å². The molecule has 8 heteroatoms. The minimum Gasteiger partial charge on any atom is -0.367 e. The largest absolute Gasteiger partial charge is 0.367 e. The van der Waals surface area contributed by atoms with Crippen molar-refractivity contribution in [2.45, 2.75) is 0 Å². The summed E-state index contributed by atoms with van der Waals surface area (Å²) in [6, 6.07) is 15.9. The molecule has 156 valence electrons. The third-order valence-corrected chi connectivity index (χ3v) is 5.60. The highest BCUT2D eigenvalue weighted by molar-refractivity contribution is 6.31. The molecule has 1 aliphatic rings. The molecule has 4 aromatic rings. The lowest BCUT2D eigenvalue weighted by atomic mass is 10.1. The van der Waals surface area contributed by atoms with Gasteiger partial charge in [0.1, 0.15) is 11.6 Å². The lowest BCUT2D eigenvalue weighted by Gasteiger charge is -2.37. The molecule has 5 rings (SSSR count). The van der Waals surface area contributed by atoms with E-state index in [1.54, 1.807) is 18.3 Å². The number of benzene rings is 2. The van der Waals surface area contributed by atoms with Gasteiger partial charge in [-0.05, 0) is 54.6 Å². The van der Waals surface area contributed by atoms with Crippen molar-refractivity contribution < 1.29 is 4.39 Å². The Bertz CT molecular complexity index is 1210. The van der Waals surface area contributed by atoms with E-state index in [0.717, 1.165) is 48.6 Å². The molecule has 1 saturated heterocycles. The lowest BCUT2D eigenvalue weighted by Crippen LogP contribution is -2.47. The molecule has 2 aromatic heterocycles. The second-order valence-electron chi connectivity index (χ2n) is 7.34. The first-order chi connectivity index (χ1) is 15.2. The van der Waals surface area contributed by atoms with Crippen LogP contribution < -0.4 is 15.1 Å². The Labute approximate surface area is 184 Å². The Kier molecular flexibility index (Phi) is 5.26. The standard InChI is InChI=1S/C23H20ClFN6/c24-16-1-6-19-20(15-16)26-9-7-21(19)30-11-13-31(14-12-30)22-8-10-27-23(29-22)28-18-4-2-17(25)3-5-18/h1-10,15H,11-14H2,(H,27,28,29). The minimum absolute atomic E-state index is 0.275. The molecule has 0 radical (unpaired) electrons. The molecule has 2 aromatic carbocycles. The summed E-state index contributed by atoms with van der Waals surface area (Å²) in [6.07, 6.45) is 3.57. The van der Waals surface area contributed by atoms with E-state index in [1.165, 1.54) is 17.8 Å². The molecule has 0 amide bonds. The zero-order valence-corrected chi connectivity index (χ0v) is 17.4. The van der Waals surface area contributed by atoms with Gasteiger partial charge in [-0.25, -0.2) is 9.37 Å². The zero-order chi connectivity index (χ0) is 21.2. The van der Waals surface area contributed by atoms with Crippen molar-refractivity contribution in [3.8, 4) is 0 Å². The van der Waals surface area contributed by atoms with Crippen LogP contribution in [0.1, 0.15) is 0 Å². The van der Waals surface area contributed by atoms with E-state index in [4.69, 9.17) is 11.6 Å². The Balaban J connectivity index is 1.29. The Morgan fingerprint density at radius 2 is 1.58 bits per heavy atom. The number of nitrogens with one attached hydrogen (secondary N) is 1. The summed E-state index contributed by atoms with van der Waals surface area (Å²) < 4.78 is 13.1. The molecule has 0 aliphatic carbocycles. The number of aromatic nitrogens is 3. The van der Waals surface area contributed by atoms with Crippen LogP contribution in [0.2, 0.25) is 5.02 Å². The lowest BCUT2D eigenvalue weighted by molar-refractivity contribution is 0.628. The van der Waals surface area contributed by atoms with Crippen molar-refractivity contribution in [3.05, 3.63) is 77.8 Å². The van der Waals surface area contributed by atoms with Gasteiger partial charge in [-0.3, -0.25) is 4.98 Å². The summed E-state index contributed by atoms with van der Waals surface area (Å²) >= 11 is 6.12. The van der Waals surface area contributed by atoms with Crippen molar-refractivity contribution in [2.24, 2.45) is 0 Å². The fourth-order valence-electron chi connectivity index (χ4n) is 3.81. The quantitative estimate of drug-likeness (QED) is 0.493. The highest BCUT2D eigenvalue weighted by atomic mass is 35.5. The van der Waals surface area contributed by atoms with E-state index >= 15 is 0 Å². The smallest absolute Gasteiger partial charge is 0.229 e. The molecular formula is C23H20ClFN6. The monoisotopic (exact) mass is 434 g/mol. The predicted octanol–water partition coefficient (Wildman–Crippen LogP) is 4.89. The number of piperazine rings is 1. The van der Waals surface area contributed by atoms with Gasteiger partial charge in [0.15, 0.2) is 0 Å². The minimum atomic E-state index is -0.275. The van der Waals surface area contributed by atoms with Gasteiger partial charge in [0.25, 0.3) is 0 Å². The van der Waals surface area contributed by atoms with Crippen LogP contribution in [-0.4, -0.2) is 41.1 Å². The molecule has 0 unspecified atom stereocenters. The van der Waals surface area contributed by atoms with Gasteiger partial charge in [-0.15, -0.1) is 0 Å². The van der Waals surface area contributed by atoms with Gasteiger partial charge >= 0.3 is 0 Å². The van der Waals surface area contributed by atoms with Crippen LogP contribution in [0, 0.1) is 5.82 Å². The van der Waals surface area contributed by atoms with E-state index in [2.05, 4.69) is 36.1 Å². The first-order valence-electron chi connectivity index (χ1n) is 10.1.